The number of nitrogens with zero attached hydrogens (tertiary/aromatic N) is 1. The van der Waals surface area contributed by atoms with Crippen LogP contribution >= 0.6 is 0 Å². The lowest BCUT2D eigenvalue weighted by Gasteiger charge is -2.00. The van der Waals surface area contributed by atoms with Crippen LogP contribution in [0.4, 0.5) is 0 Å². The minimum Gasteiger partial charge on any atom is -0.481 e. The second-order valence-corrected chi connectivity index (χ2v) is 4.38. The number of rotatable bonds is 12. The Bertz CT molecular complexity index is 197. The maximum atomic E-state index is 10.2. The normalized spacial score (nSPS) is 10.4. The lowest BCUT2D eigenvalue weighted by Crippen LogP contribution is -1.99. The number of nitro groups is 1. The van der Waals surface area contributed by atoms with E-state index in [9.17, 15) is 14.9 Å². The van der Waals surface area contributed by atoms with Crippen molar-refractivity contribution in [2.45, 2.75) is 64.2 Å². The number of carbonyl (C=O) groups is 1. The van der Waals surface area contributed by atoms with Crippen molar-refractivity contribution in [3.05, 3.63) is 10.1 Å². The number of aliphatic carboxylic acids is 1. The first-order valence-electron chi connectivity index (χ1n) is 6.46. The van der Waals surface area contributed by atoms with Gasteiger partial charge in [0.05, 0.1) is 0 Å². The van der Waals surface area contributed by atoms with Crippen molar-refractivity contribution in [1.29, 1.82) is 0 Å². The van der Waals surface area contributed by atoms with Gasteiger partial charge in [0, 0.05) is 17.8 Å². The average Bonchev–Trinajstić information content (AvgIpc) is 2.25. The van der Waals surface area contributed by atoms with E-state index in [1.165, 1.54) is 0 Å². The van der Waals surface area contributed by atoms with Gasteiger partial charge >= 0.3 is 5.97 Å². The largest absolute Gasteiger partial charge is 0.481 e. The highest BCUT2D eigenvalue weighted by atomic mass is 16.6. The molecule has 0 bridgehead atoms. The number of hydrogen-bond acceptors (Lipinski definition) is 3. The Labute approximate surface area is 102 Å². The first-order chi connectivity index (χ1) is 8.13. The Kier molecular flexibility index (Phi) is 10.6. The van der Waals surface area contributed by atoms with E-state index in [4.69, 9.17) is 5.11 Å². The third-order valence-corrected chi connectivity index (χ3v) is 2.73. The van der Waals surface area contributed by atoms with E-state index >= 15 is 0 Å². The third kappa shape index (κ3) is 14.9. The van der Waals surface area contributed by atoms with E-state index in [0.29, 0.717) is 6.42 Å². The number of carboxylic acids is 1. The van der Waals surface area contributed by atoms with Crippen LogP contribution in [0.2, 0.25) is 0 Å². The molecule has 0 rings (SSSR count). The quantitative estimate of drug-likeness (QED) is 0.325. The van der Waals surface area contributed by atoms with Gasteiger partial charge in [-0.15, -0.1) is 0 Å². The van der Waals surface area contributed by atoms with Gasteiger partial charge in [0.25, 0.3) is 0 Å². The van der Waals surface area contributed by atoms with Gasteiger partial charge in [0.2, 0.25) is 6.54 Å². The van der Waals surface area contributed by atoms with Crippen LogP contribution in [-0.4, -0.2) is 22.5 Å². The van der Waals surface area contributed by atoms with Crippen molar-refractivity contribution in [2.24, 2.45) is 0 Å². The van der Waals surface area contributed by atoms with Gasteiger partial charge in [0.1, 0.15) is 0 Å². The zero-order valence-electron chi connectivity index (χ0n) is 10.4. The summed E-state index contributed by atoms with van der Waals surface area (Å²) in [6.45, 7) is 0.0924. The topological polar surface area (TPSA) is 80.4 Å². The summed E-state index contributed by atoms with van der Waals surface area (Å²) in [7, 11) is 0. The molecule has 100 valence electrons. The summed E-state index contributed by atoms with van der Waals surface area (Å²) in [5.74, 6) is -0.712. The third-order valence-electron chi connectivity index (χ3n) is 2.73. The Morgan fingerprint density at radius 2 is 1.29 bits per heavy atom. The summed E-state index contributed by atoms with van der Waals surface area (Å²) in [4.78, 5) is 20.0. The predicted molar refractivity (Wildman–Crippen MR) is 65.7 cm³/mol. The van der Waals surface area contributed by atoms with E-state index in [1.807, 2.05) is 0 Å². The molecule has 1 N–H and O–H groups in total. The fourth-order valence-electron chi connectivity index (χ4n) is 1.75. The molecule has 0 saturated carbocycles. The van der Waals surface area contributed by atoms with E-state index < -0.39 is 5.97 Å². The molecule has 5 nitrogen and oxygen atoms in total. The first-order valence-corrected chi connectivity index (χ1v) is 6.46. The zero-order chi connectivity index (χ0) is 12.9. The number of carboxylic acid groups (broad SMARTS) is 1. The second kappa shape index (κ2) is 11.4. The van der Waals surface area contributed by atoms with Crippen LogP contribution < -0.4 is 0 Å². The predicted octanol–water partition coefficient (Wildman–Crippen LogP) is 3.25. The summed E-state index contributed by atoms with van der Waals surface area (Å²) < 4.78 is 0. The zero-order valence-corrected chi connectivity index (χ0v) is 10.4. The molecular weight excluding hydrogens is 222 g/mol. The molecular formula is C12H23NO4. The highest BCUT2D eigenvalue weighted by Crippen LogP contribution is 2.10. The lowest BCUT2D eigenvalue weighted by atomic mass is 10.1. The van der Waals surface area contributed by atoms with Gasteiger partial charge in [-0.3, -0.25) is 14.9 Å². The van der Waals surface area contributed by atoms with Gasteiger partial charge in [-0.25, -0.2) is 0 Å². The van der Waals surface area contributed by atoms with Crippen LogP contribution in [0.15, 0.2) is 0 Å². The van der Waals surface area contributed by atoms with Crippen LogP contribution in [0.25, 0.3) is 0 Å². The van der Waals surface area contributed by atoms with Crippen molar-refractivity contribution in [2.75, 3.05) is 6.54 Å². The highest BCUT2D eigenvalue weighted by Gasteiger charge is 1.98. The summed E-state index contributed by atoms with van der Waals surface area (Å²) >= 11 is 0. The standard InChI is InChI=1S/C12H23NO4/c14-12(15)10-8-6-4-2-1-3-5-7-9-11-13(16)17/h1-11H2,(H,14,15). The molecule has 0 aliphatic heterocycles. The van der Waals surface area contributed by atoms with Crippen molar-refractivity contribution >= 4 is 5.97 Å². The molecule has 0 aromatic rings. The summed E-state index contributed by atoms with van der Waals surface area (Å²) in [5.41, 5.74) is 0. The Balaban J connectivity index is 2.98. The van der Waals surface area contributed by atoms with Gasteiger partial charge in [-0.2, -0.15) is 0 Å². The van der Waals surface area contributed by atoms with Crippen LogP contribution in [0.3, 0.4) is 0 Å². The van der Waals surface area contributed by atoms with Crippen LogP contribution in [0.1, 0.15) is 64.2 Å². The lowest BCUT2D eigenvalue weighted by molar-refractivity contribution is -0.480. The van der Waals surface area contributed by atoms with Crippen molar-refractivity contribution in [3.63, 3.8) is 0 Å². The fourth-order valence-corrected chi connectivity index (χ4v) is 1.75. The fraction of sp³-hybridized carbons (Fsp3) is 0.917. The Hall–Kier alpha value is -1.13. The average molecular weight is 245 g/mol. The Morgan fingerprint density at radius 3 is 1.71 bits per heavy atom. The minimum atomic E-state index is -0.712. The molecule has 0 aromatic carbocycles. The molecule has 17 heavy (non-hydrogen) atoms. The summed E-state index contributed by atoms with van der Waals surface area (Å²) in [6.07, 6.45) is 9.29. The molecule has 0 spiro atoms. The maximum absolute atomic E-state index is 10.2. The molecule has 0 heterocycles. The summed E-state index contributed by atoms with van der Waals surface area (Å²) in [5, 5.41) is 18.5. The molecule has 0 fully saturated rings. The molecule has 0 aliphatic rings. The van der Waals surface area contributed by atoms with Gasteiger partial charge in [-0.1, -0.05) is 38.5 Å². The van der Waals surface area contributed by atoms with Gasteiger partial charge in [0.15, 0.2) is 0 Å². The van der Waals surface area contributed by atoms with E-state index in [-0.39, 0.29) is 17.9 Å². The Morgan fingerprint density at radius 1 is 0.882 bits per heavy atom. The molecule has 0 radical (unpaired) electrons. The molecule has 5 heteroatoms. The van der Waals surface area contributed by atoms with Crippen molar-refractivity contribution < 1.29 is 14.8 Å². The molecule has 0 saturated heterocycles. The SMILES string of the molecule is O=C(O)CCCCCCCCCCC[N+](=O)[O-]. The maximum Gasteiger partial charge on any atom is 0.303 e. The van der Waals surface area contributed by atoms with Crippen LogP contribution in [0, 0.1) is 10.1 Å². The smallest absolute Gasteiger partial charge is 0.303 e. The molecule has 0 aromatic heterocycles. The van der Waals surface area contributed by atoms with Crippen molar-refractivity contribution in [1.82, 2.24) is 0 Å². The van der Waals surface area contributed by atoms with Crippen molar-refractivity contribution in [3.8, 4) is 0 Å². The van der Waals surface area contributed by atoms with Gasteiger partial charge < -0.3 is 5.11 Å². The highest BCUT2D eigenvalue weighted by molar-refractivity contribution is 5.66. The van der Waals surface area contributed by atoms with E-state index in [1.54, 1.807) is 0 Å². The van der Waals surface area contributed by atoms with E-state index in [0.717, 1.165) is 51.4 Å². The number of hydrogen-bond donors (Lipinski definition) is 1. The second-order valence-electron chi connectivity index (χ2n) is 4.38. The molecule has 0 atom stereocenters. The molecule has 0 amide bonds. The van der Waals surface area contributed by atoms with Gasteiger partial charge in [-0.05, 0) is 12.8 Å². The summed E-state index contributed by atoms with van der Waals surface area (Å²) in [6, 6.07) is 0. The molecule has 0 aliphatic carbocycles. The van der Waals surface area contributed by atoms with Crippen LogP contribution in [0.5, 0.6) is 0 Å². The monoisotopic (exact) mass is 245 g/mol. The number of unbranched alkanes of at least 4 members (excludes halogenated alkanes) is 8. The first kappa shape index (κ1) is 15.9. The van der Waals surface area contributed by atoms with Crippen LogP contribution in [-0.2, 0) is 4.79 Å². The molecule has 0 unspecified atom stereocenters. The minimum absolute atomic E-state index is 0.0924. The van der Waals surface area contributed by atoms with E-state index in [2.05, 4.69) is 0 Å².